The Bertz CT molecular complexity index is 446. The fraction of sp³-hybridized carbons (Fsp3) is 0.500. The molecule has 1 unspecified atom stereocenters. The standard InChI is InChI=1S/C14H22FN3O/c1-9(2)10(3)7-17-8-11-4-5-12(15)6-13(11)14(16)18-19/h4-6,9-10,17,19H,7-8H2,1-3H3,(H2,16,18). The molecule has 0 aromatic heterocycles. The van der Waals surface area contributed by atoms with Crippen LogP contribution in [0.1, 0.15) is 31.9 Å². The SMILES string of the molecule is CC(C)C(C)CNCc1ccc(F)cc1C(N)=NO. The highest BCUT2D eigenvalue weighted by Crippen LogP contribution is 2.12. The first-order valence-electron chi connectivity index (χ1n) is 6.42. The van der Waals surface area contributed by atoms with E-state index in [4.69, 9.17) is 10.9 Å². The lowest BCUT2D eigenvalue weighted by Gasteiger charge is -2.17. The molecule has 4 N–H and O–H groups in total. The smallest absolute Gasteiger partial charge is 0.170 e. The number of nitrogens with zero attached hydrogens (tertiary/aromatic N) is 1. The van der Waals surface area contributed by atoms with Crippen molar-refractivity contribution >= 4 is 5.84 Å². The zero-order valence-corrected chi connectivity index (χ0v) is 11.7. The summed E-state index contributed by atoms with van der Waals surface area (Å²) >= 11 is 0. The van der Waals surface area contributed by atoms with Crippen LogP contribution in [-0.2, 0) is 6.54 Å². The average molecular weight is 267 g/mol. The minimum absolute atomic E-state index is 0.0757. The number of nitrogens with one attached hydrogen (secondary N) is 1. The first kappa shape index (κ1) is 15.4. The number of hydrogen-bond acceptors (Lipinski definition) is 3. The molecule has 0 aliphatic carbocycles. The van der Waals surface area contributed by atoms with Gasteiger partial charge in [0.15, 0.2) is 5.84 Å². The van der Waals surface area contributed by atoms with Crippen LogP contribution in [0.4, 0.5) is 4.39 Å². The number of halogens is 1. The van der Waals surface area contributed by atoms with E-state index in [0.29, 0.717) is 23.9 Å². The summed E-state index contributed by atoms with van der Waals surface area (Å²) in [6, 6.07) is 4.30. The van der Waals surface area contributed by atoms with Crippen LogP contribution >= 0.6 is 0 Å². The molecule has 5 heteroatoms. The fourth-order valence-corrected chi connectivity index (χ4v) is 1.67. The van der Waals surface area contributed by atoms with E-state index >= 15 is 0 Å². The zero-order valence-electron chi connectivity index (χ0n) is 11.7. The van der Waals surface area contributed by atoms with E-state index in [9.17, 15) is 4.39 Å². The van der Waals surface area contributed by atoms with E-state index in [-0.39, 0.29) is 5.84 Å². The van der Waals surface area contributed by atoms with Crippen molar-refractivity contribution < 1.29 is 9.60 Å². The van der Waals surface area contributed by atoms with E-state index in [2.05, 4.69) is 31.2 Å². The van der Waals surface area contributed by atoms with Crippen LogP contribution in [0.2, 0.25) is 0 Å². The normalized spacial score (nSPS) is 13.8. The summed E-state index contributed by atoms with van der Waals surface area (Å²) in [5.74, 6) is 0.672. The molecule has 0 amide bonds. The summed E-state index contributed by atoms with van der Waals surface area (Å²) in [4.78, 5) is 0. The first-order chi connectivity index (χ1) is 8.95. The molecule has 106 valence electrons. The van der Waals surface area contributed by atoms with Crippen LogP contribution in [0, 0.1) is 17.7 Å². The third kappa shape index (κ3) is 4.52. The second kappa shape index (κ2) is 7.09. The molecule has 4 nitrogen and oxygen atoms in total. The summed E-state index contributed by atoms with van der Waals surface area (Å²) in [6.07, 6.45) is 0. The Morgan fingerprint density at radius 2 is 2.11 bits per heavy atom. The van der Waals surface area contributed by atoms with Crippen LogP contribution in [-0.4, -0.2) is 17.6 Å². The van der Waals surface area contributed by atoms with Gasteiger partial charge < -0.3 is 16.3 Å². The van der Waals surface area contributed by atoms with E-state index in [1.165, 1.54) is 12.1 Å². The number of benzene rings is 1. The number of oxime groups is 1. The van der Waals surface area contributed by atoms with Gasteiger partial charge in [-0.25, -0.2) is 4.39 Å². The van der Waals surface area contributed by atoms with Gasteiger partial charge >= 0.3 is 0 Å². The van der Waals surface area contributed by atoms with Crippen molar-refractivity contribution in [1.29, 1.82) is 0 Å². The molecular formula is C14H22FN3O. The lowest BCUT2D eigenvalue weighted by atomic mass is 9.98. The Morgan fingerprint density at radius 1 is 1.42 bits per heavy atom. The van der Waals surface area contributed by atoms with Gasteiger partial charge in [0, 0.05) is 12.1 Å². The monoisotopic (exact) mass is 267 g/mol. The van der Waals surface area contributed by atoms with E-state index in [1.807, 2.05) is 0 Å². The van der Waals surface area contributed by atoms with Crippen molar-refractivity contribution in [3.63, 3.8) is 0 Å². The van der Waals surface area contributed by atoms with E-state index in [0.717, 1.165) is 12.1 Å². The summed E-state index contributed by atoms with van der Waals surface area (Å²) < 4.78 is 13.2. The third-order valence-electron chi connectivity index (χ3n) is 3.38. The van der Waals surface area contributed by atoms with Gasteiger partial charge in [-0.05, 0) is 36.1 Å². The Balaban J connectivity index is 2.73. The Kier molecular flexibility index (Phi) is 5.76. The fourth-order valence-electron chi connectivity index (χ4n) is 1.67. The van der Waals surface area contributed by atoms with Crippen molar-refractivity contribution in [3.05, 3.63) is 35.1 Å². The third-order valence-corrected chi connectivity index (χ3v) is 3.38. The summed E-state index contributed by atoms with van der Waals surface area (Å²) in [5, 5.41) is 14.9. The van der Waals surface area contributed by atoms with E-state index < -0.39 is 5.82 Å². The minimum Gasteiger partial charge on any atom is -0.409 e. The number of nitrogens with two attached hydrogens (primary N) is 1. The van der Waals surface area contributed by atoms with Crippen LogP contribution in [0.5, 0.6) is 0 Å². The van der Waals surface area contributed by atoms with Gasteiger partial charge in [0.25, 0.3) is 0 Å². The molecule has 0 fully saturated rings. The predicted octanol–water partition coefficient (Wildman–Crippen LogP) is 2.30. The van der Waals surface area contributed by atoms with Crippen LogP contribution < -0.4 is 11.1 Å². The maximum atomic E-state index is 13.2. The molecule has 0 bridgehead atoms. The maximum absolute atomic E-state index is 13.2. The van der Waals surface area contributed by atoms with Crippen molar-refractivity contribution in [2.75, 3.05) is 6.54 Å². The molecule has 0 radical (unpaired) electrons. The zero-order chi connectivity index (χ0) is 14.4. The highest BCUT2D eigenvalue weighted by molar-refractivity contribution is 5.98. The molecule has 19 heavy (non-hydrogen) atoms. The highest BCUT2D eigenvalue weighted by atomic mass is 19.1. The summed E-state index contributed by atoms with van der Waals surface area (Å²) in [5.41, 5.74) is 6.79. The predicted molar refractivity (Wildman–Crippen MR) is 74.6 cm³/mol. The maximum Gasteiger partial charge on any atom is 0.170 e. The van der Waals surface area contributed by atoms with Gasteiger partial charge in [0.1, 0.15) is 5.82 Å². The van der Waals surface area contributed by atoms with Crippen molar-refractivity contribution in [3.8, 4) is 0 Å². The Hall–Kier alpha value is -1.62. The molecule has 0 aliphatic rings. The molecule has 1 rings (SSSR count). The van der Waals surface area contributed by atoms with Crippen LogP contribution in [0.15, 0.2) is 23.4 Å². The molecule has 1 aromatic carbocycles. The van der Waals surface area contributed by atoms with E-state index in [1.54, 1.807) is 6.07 Å². The molecule has 0 heterocycles. The minimum atomic E-state index is -0.402. The quantitative estimate of drug-likeness (QED) is 0.320. The Labute approximate surface area is 113 Å². The molecule has 0 aliphatic heterocycles. The van der Waals surface area contributed by atoms with Crippen molar-refractivity contribution in [2.45, 2.75) is 27.3 Å². The lowest BCUT2D eigenvalue weighted by Crippen LogP contribution is -2.25. The Morgan fingerprint density at radius 3 is 2.68 bits per heavy atom. The average Bonchev–Trinajstić information content (AvgIpc) is 2.39. The van der Waals surface area contributed by atoms with Gasteiger partial charge in [0.05, 0.1) is 0 Å². The molecule has 0 saturated carbocycles. The van der Waals surface area contributed by atoms with Gasteiger partial charge in [-0.1, -0.05) is 32.0 Å². The van der Waals surface area contributed by atoms with Gasteiger partial charge in [-0.2, -0.15) is 0 Å². The van der Waals surface area contributed by atoms with Crippen LogP contribution in [0.3, 0.4) is 0 Å². The molecule has 1 aromatic rings. The second-order valence-corrected chi connectivity index (χ2v) is 5.14. The molecular weight excluding hydrogens is 245 g/mol. The molecule has 0 spiro atoms. The van der Waals surface area contributed by atoms with Gasteiger partial charge in [-0.3, -0.25) is 0 Å². The van der Waals surface area contributed by atoms with Gasteiger partial charge in [-0.15, -0.1) is 0 Å². The topological polar surface area (TPSA) is 70.6 Å². The molecule has 1 atom stereocenters. The lowest BCUT2D eigenvalue weighted by molar-refractivity contribution is 0.318. The largest absolute Gasteiger partial charge is 0.409 e. The molecule has 0 saturated heterocycles. The first-order valence-corrected chi connectivity index (χ1v) is 6.42. The second-order valence-electron chi connectivity index (χ2n) is 5.14. The summed E-state index contributed by atoms with van der Waals surface area (Å²) in [6.45, 7) is 7.94. The van der Waals surface area contributed by atoms with Crippen LogP contribution in [0.25, 0.3) is 0 Å². The van der Waals surface area contributed by atoms with Gasteiger partial charge in [0.2, 0.25) is 0 Å². The number of hydrogen-bond donors (Lipinski definition) is 3. The highest BCUT2D eigenvalue weighted by Gasteiger charge is 2.10. The van der Waals surface area contributed by atoms with Crippen molar-refractivity contribution in [2.24, 2.45) is 22.7 Å². The van der Waals surface area contributed by atoms with Crippen molar-refractivity contribution in [1.82, 2.24) is 5.32 Å². The number of amidine groups is 1. The number of rotatable bonds is 6. The summed E-state index contributed by atoms with van der Waals surface area (Å²) in [7, 11) is 0.